The number of hydrogen-bond donors (Lipinski definition) is 2. The van der Waals surface area contributed by atoms with Gasteiger partial charge in [0.25, 0.3) is 0 Å². The molecule has 0 saturated carbocycles. The first kappa shape index (κ1) is 15.9. The molecule has 1 heterocycles. The van der Waals surface area contributed by atoms with Gasteiger partial charge in [-0.1, -0.05) is 6.07 Å². The highest BCUT2D eigenvalue weighted by molar-refractivity contribution is 5.93. The number of amides is 2. The largest absolute Gasteiger partial charge is 0.494 e. The molecule has 1 aromatic rings. The van der Waals surface area contributed by atoms with Crippen LogP contribution >= 0.6 is 0 Å². The van der Waals surface area contributed by atoms with Gasteiger partial charge in [0.15, 0.2) is 0 Å². The van der Waals surface area contributed by atoms with Gasteiger partial charge in [0.1, 0.15) is 17.2 Å². The van der Waals surface area contributed by atoms with Crippen molar-refractivity contribution in [3.05, 3.63) is 18.2 Å². The van der Waals surface area contributed by atoms with E-state index in [1.54, 1.807) is 23.1 Å². The summed E-state index contributed by atoms with van der Waals surface area (Å²) in [6.45, 7) is 0.834. The minimum Gasteiger partial charge on any atom is -0.494 e. The number of carboxylic acids is 1. The maximum atomic E-state index is 12.3. The van der Waals surface area contributed by atoms with Crippen molar-refractivity contribution in [2.24, 2.45) is 5.92 Å². The monoisotopic (exact) mass is 308 g/mol. The Hall–Kier alpha value is -2.44. The van der Waals surface area contributed by atoms with E-state index in [-0.39, 0.29) is 11.9 Å². The Morgan fingerprint density at radius 3 is 2.18 bits per heavy atom. The highest BCUT2D eigenvalue weighted by Gasteiger charge is 2.27. The molecule has 7 heteroatoms. The van der Waals surface area contributed by atoms with Gasteiger partial charge in [0.2, 0.25) is 0 Å². The summed E-state index contributed by atoms with van der Waals surface area (Å²) in [7, 11) is 3.03. The fraction of sp³-hybridized carbons (Fsp3) is 0.467. The second-order valence-corrected chi connectivity index (χ2v) is 5.07. The van der Waals surface area contributed by atoms with Gasteiger partial charge >= 0.3 is 12.0 Å². The minimum absolute atomic E-state index is 0.286. The molecule has 1 fully saturated rings. The molecule has 0 atom stereocenters. The fourth-order valence-electron chi connectivity index (χ4n) is 2.49. The third-order valence-corrected chi connectivity index (χ3v) is 3.79. The molecule has 7 nitrogen and oxygen atoms in total. The first-order valence-electron chi connectivity index (χ1n) is 7.06. The van der Waals surface area contributed by atoms with Gasteiger partial charge < -0.3 is 24.8 Å². The van der Waals surface area contributed by atoms with Crippen LogP contribution in [0.1, 0.15) is 12.8 Å². The van der Waals surface area contributed by atoms with Crippen molar-refractivity contribution in [1.82, 2.24) is 4.90 Å². The highest BCUT2D eigenvalue weighted by Crippen LogP contribution is 2.34. The van der Waals surface area contributed by atoms with E-state index in [2.05, 4.69) is 5.32 Å². The van der Waals surface area contributed by atoms with Crippen LogP contribution in [0.15, 0.2) is 18.2 Å². The lowest BCUT2D eigenvalue weighted by Crippen LogP contribution is -2.42. The van der Waals surface area contributed by atoms with E-state index >= 15 is 0 Å². The number of benzene rings is 1. The number of nitrogens with one attached hydrogen (secondary N) is 1. The van der Waals surface area contributed by atoms with Crippen molar-refractivity contribution < 1.29 is 24.2 Å². The molecule has 0 bridgehead atoms. The number of anilines is 1. The number of carboxylic acid groups (broad SMARTS) is 1. The lowest BCUT2D eigenvalue weighted by atomic mass is 9.97. The molecule has 2 rings (SSSR count). The van der Waals surface area contributed by atoms with Crippen LogP contribution < -0.4 is 14.8 Å². The Labute approximate surface area is 128 Å². The zero-order chi connectivity index (χ0) is 16.1. The number of urea groups is 1. The van der Waals surface area contributed by atoms with Crippen LogP contribution in [0.5, 0.6) is 11.5 Å². The summed E-state index contributed by atoms with van der Waals surface area (Å²) in [5.74, 6) is -0.155. The van der Waals surface area contributed by atoms with Crippen LogP contribution in [0.3, 0.4) is 0 Å². The number of methoxy groups -OCH3 is 2. The van der Waals surface area contributed by atoms with Crippen molar-refractivity contribution in [1.29, 1.82) is 0 Å². The smallest absolute Gasteiger partial charge is 0.322 e. The maximum Gasteiger partial charge on any atom is 0.322 e. The van der Waals surface area contributed by atoms with Crippen molar-refractivity contribution in [2.75, 3.05) is 32.6 Å². The SMILES string of the molecule is COc1cccc(OC)c1NC(=O)N1CCC(C(=O)O)CC1. The summed E-state index contributed by atoms with van der Waals surface area (Å²) in [5.41, 5.74) is 0.470. The molecule has 1 aliphatic heterocycles. The number of hydrogen-bond acceptors (Lipinski definition) is 4. The number of rotatable bonds is 4. The zero-order valence-electron chi connectivity index (χ0n) is 12.7. The Morgan fingerprint density at radius 1 is 1.18 bits per heavy atom. The normalized spacial score (nSPS) is 15.3. The third-order valence-electron chi connectivity index (χ3n) is 3.79. The number of aliphatic carboxylic acids is 1. The van der Waals surface area contributed by atoms with E-state index in [1.165, 1.54) is 14.2 Å². The molecular weight excluding hydrogens is 288 g/mol. The van der Waals surface area contributed by atoms with Crippen LogP contribution in [-0.2, 0) is 4.79 Å². The first-order chi connectivity index (χ1) is 10.6. The highest BCUT2D eigenvalue weighted by atomic mass is 16.5. The fourth-order valence-corrected chi connectivity index (χ4v) is 2.49. The van der Waals surface area contributed by atoms with E-state index in [4.69, 9.17) is 14.6 Å². The molecule has 0 unspecified atom stereocenters. The number of carbonyl (C=O) groups excluding carboxylic acids is 1. The number of ether oxygens (including phenoxy) is 2. The topological polar surface area (TPSA) is 88.1 Å². The lowest BCUT2D eigenvalue weighted by molar-refractivity contribution is -0.143. The summed E-state index contributed by atoms with van der Waals surface area (Å²) in [5, 5.41) is 11.8. The van der Waals surface area contributed by atoms with E-state index in [0.717, 1.165) is 0 Å². The summed E-state index contributed by atoms with van der Waals surface area (Å²) in [6.07, 6.45) is 0.928. The summed E-state index contributed by atoms with van der Waals surface area (Å²) in [4.78, 5) is 24.9. The maximum absolute atomic E-state index is 12.3. The number of nitrogens with zero attached hydrogens (tertiary/aromatic N) is 1. The second-order valence-electron chi connectivity index (χ2n) is 5.07. The Balaban J connectivity index is 2.05. The van der Waals surface area contributed by atoms with Crippen LogP contribution in [0.25, 0.3) is 0 Å². The number of para-hydroxylation sites is 1. The molecule has 0 aromatic heterocycles. The molecular formula is C15H20N2O5. The van der Waals surface area contributed by atoms with Gasteiger partial charge in [-0.05, 0) is 25.0 Å². The van der Waals surface area contributed by atoms with Gasteiger partial charge in [-0.15, -0.1) is 0 Å². The number of likely N-dealkylation sites (tertiary alicyclic amines) is 1. The number of piperidine rings is 1. The third kappa shape index (κ3) is 3.41. The van der Waals surface area contributed by atoms with Crippen LogP contribution in [-0.4, -0.2) is 49.3 Å². The molecule has 1 aliphatic rings. The molecule has 2 N–H and O–H groups in total. The van der Waals surface area contributed by atoms with Gasteiger partial charge in [-0.3, -0.25) is 4.79 Å². The predicted molar refractivity (Wildman–Crippen MR) is 80.5 cm³/mol. The summed E-state index contributed by atoms with van der Waals surface area (Å²) < 4.78 is 10.5. The van der Waals surface area contributed by atoms with E-state index in [9.17, 15) is 9.59 Å². The van der Waals surface area contributed by atoms with Gasteiger partial charge in [-0.2, -0.15) is 0 Å². The lowest BCUT2D eigenvalue weighted by Gasteiger charge is -2.30. The molecule has 0 spiro atoms. The summed E-state index contributed by atoms with van der Waals surface area (Å²) in [6, 6.07) is 4.95. The molecule has 1 saturated heterocycles. The van der Waals surface area contributed by atoms with E-state index < -0.39 is 5.97 Å². The van der Waals surface area contributed by atoms with Gasteiger partial charge in [-0.25, -0.2) is 4.79 Å². The van der Waals surface area contributed by atoms with E-state index in [1.807, 2.05) is 0 Å². The molecule has 2 amide bonds. The standard InChI is InChI=1S/C15H20N2O5/c1-21-11-4-3-5-12(22-2)13(11)16-15(20)17-8-6-10(7-9-17)14(18)19/h3-5,10H,6-9H2,1-2H3,(H,16,20)(H,18,19). The van der Waals surface area contributed by atoms with Crippen LogP contribution in [0.4, 0.5) is 10.5 Å². The average Bonchev–Trinajstić information content (AvgIpc) is 2.55. The minimum atomic E-state index is -0.800. The molecule has 120 valence electrons. The average molecular weight is 308 g/mol. The Bertz CT molecular complexity index is 531. The predicted octanol–water partition coefficient (Wildman–Crippen LogP) is 2.03. The molecule has 0 aliphatic carbocycles. The summed E-state index contributed by atoms with van der Waals surface area (Å²) >= 11 is 0. The van der Waals surface area contributed by atoms with E-state index in [0.29, 0.717) is 43.1 Å². The van der Waals surface area contributed by atoms with Crippen molar-refractivity contribution in [2.45, 2.75) is 12.8 Å². The van der Waals surface area contributed by atoms with Crippen molar-refractivity contribution in [3.63, 3.8) is 0 Å². The number of carbonyl (C=O) groups is 2. The molecule has 0 radical (unpaired) electrons. The van der Waals surface area contributed by atoms with Crippen molar-refractivity contribution >= 4 is 17.7 Å². The second kappa shape index (κ2) is 7.02. The van der Waals surface area contributed by atoms with Gasteiger partial charge in [0, 0.05) is 13.1 Å². The van der Waals surface area contributed by atoms with Crippen LogP contribution in [0.2, 0.25) is 0 Å². The zero-order valence-corrected chi connectivity index (χ0v) is 12.7. The molecule has 1 aromatic carbocycles. The Kier molecular flexibility index (Phi) is 5.08. The Morgan fingerprint density at radius 2 is 1.73 bits per heavy atom. The quantitative estimate of drug-likeness (QED) is 0.888. The van der Waals surface area contributed by atoms with Gasteiger partial charge in [0.05, 0.1) is 20.1 Å². The van der Waals surface area contributed by atoms with Crippen LogP contribution in [0, 0.1) is 5.92 Å². The first-order valence-corrected chi connectivity index (χ1v) is 7.06. The molecule has 22 heavy (non-hydrogen) atoms. The van der Waals surface area contributed by atoms with Crippen molar-refractivity contribution in [3.8, 4) is 11.5 Å².